The van der Waals surface area contributed by atoms with Gasteiger partial charge in [-0.15, -0.1) is 11.3 Å². The first-order chi connectivity index (χ1) is 17.2. The fourth-order valence-corrected chi connectivity index (χ4v) is 5.77. The zero-order chi connectivity index (χ0) is 25.4. The predicted molar refractivity (Wildman–Crippen MR) is 133 cm³/mol. The molecular weight excluding hydrogens is 507 g/mol. The van der Waals surface area contributed by atoms with Crippen molar-refractivity contribution in [3.63, 3.8) is 0 Å². The molecule has 9 nitrogen and oxygen atoms in total. The lowest BCUT2D eigenvalue weighted by atomic mass is 9.97. The molecule has 12 heteroatoms. The summed E-state index contributed by atoms with van der Waals surface area (Å²) in [7, 11) is -4.06. The zero-order valence-corrected chi connectivity index (χ0v) is 20.4. The normalized spacial score (nSPS) is 15.4. The molecule has 0 spiro atoms. The van der Waals surface area contributed by atoms with E-state index in [0.717, 1.165) is 34.5 Å². The molecule has 1 aliphatic heterocycles. The minimum Gasteiger partial charge on any atom is -0.385 e. The van der Waals surface area contributed by atoms with Crippen molar-refractivity contribution >= 4 is 56.3 Å². The van der Waals surface area contributed by atoms with Crippen molar-refractivity contribution in [1.29, 1.82) is 0 Å². The first kappa shape index (κ1) is 23.9. The highest BCUT2D eigenvalue weighted by atomic mass is 32.2. The topological polar surface area (TPSA) is 125 Å². The number of sulfonamides is 1. The summed E-state index contributed by atoms with van der Waals surface area (Å²) in [6, 6.07) is 10.3. The van der Waals surface area contributed by atoms with E-state index in [1.165, 1.54) is 37.1 Å². The van der Waals surface area contributed by atoms with Crippen LogP contribution in [0.3, 0.4) is 0 Å². The van der Waals surface area contributed by atoms with Gasteiger partial charge in [0.25, 0.3) is 15.9 Å². The van der Waals surface area contributed by atoms with Crippen molar-refractivity contribution in [2.45, 2.75) is 23.5 Å². The third-order valence-electron chi connectivity index (χ3n) is 5.86. The molecular formula is C24H21FN4O5S2. The highest BCUT2D eigenvalue weighted by Gasteiger charge is 2.34. The summed E-state index contributed by atoms with van der Waals surface area (Å²) in [6.07, 6.45) is 2.33. The van der Waals surface area contributed by atoms with Crippen molar-refractivity contribution < 1.29 is 27.2 Å². The molecule has 1 fully saturated rings. The third-order valence-corrected chi connectivity index (χ3v) is 8.58. The predicted octanol–water partition coefficient (Wildman–Crippen LogP) is 3.95. The summed E-state index contributed by atoms with van der Waals surface area (Å²) < 4.78 is 41.1. The molecule has 0 radical (unpaired) electrons. The smallest absolute Gasteiger partial charge is 0.333 e. The van der Waals surface area contributed by atoms with Crippen LogP contribution in [0.15, 0.2) is 58.1 Å². The Hall–Kier alpha value is -3.77. The summed E-state index contributed by atoms with van der Waals surface area (Å²) in [6.45, 7) is 0.844. The molecule has 0 bridgehead atoms. The lowest BCUT2D eigenvalue weighted by Gasteiger charge is -2.27. The van der Waals surface area contributed by atoms with E-state index in [-0.39, 0.29) is 22.0 Å². The monoisotopic (exact) mass is 528 g/mol. The summed E-state index contributed by atoms with van der Waals surface area (Å²) in [5.74, 6) is -1.49. The van der Waals surface area contributed by atoms with Crippen molar-refractivity contribution in [3.8, 4) is 0 Å². The van der Waals surface area contributed by atoms with Crippen LogP contribution in [-0.2, 0) is 21.2 Å². The maximum atomic E-state index is 15.0. The fourth-order valence-electron chi connectivity index (χ4n) is 3.87. The van der Waals surface area contributed by atoms with Crippen LogP contribution >= 0.6 is 11.3 Å². The van der Waals surface area contributed by atoms with E-state index in [0.29, 0.717) is 17.0 Å². The van der Waals surface area contributed by atoms with Gasteiger partial charge in [0.2, 0.25) is 5.91 Å². The Morgan fingerprint density at radius 1 is 1.08 bits per heavy atom. The second-order valence-corrected chi connectivity index (χ2v) is 11.4. The molecule has 186 valence electrons. The van der Waals surface area contributed by atoms with Crippen molar-refractivity contribution in [1.82, 2.24) is 4.72 Å². The molecule has 0 unspecified atom stereocenters. The number of rotatable bonds is 7. The SMILES string of the molecule is O=C(Nc1ccc(N2C(=O)Cc3cc(NCC4CC4)ccc3C2=O)c(F)c1)NS(=O)(=O)c1cccs1. The Morgan fingerprint density at radius 2 is 1.86 bits per heavy atom. The summed E-state index contributed by atoms with van der Waals surface area (Å²) >= 11 is 0.937. The molecule has 2 aliphatic rings. The van der Waals surface area contributed by atoms with Gasteiger partial charge in [-0.05, 0) is 72.2 Å². The number of imide groups is 1. The fraction of sp³-hybridized carbons (Fsp3) is 0.208. The van der Waals surface area contributed by atoms with Gasteiger partial charge in [0.1, 0.15) is 10.0 Å². The van der Waals surface area contributed by atoms with Gasteiger partial charge in [0.05, 0.1) is 12.1 Å². The van der Waals surface area contributed by atoms with E-state index in [2.05, 4.69) is 10.6 Å². The minimum atomic E-state index is -4.06. The number of thiophene rings is 1. The molecule has 0 saturated heterocycles. The molecule has 36 heavy (non-hydrogen) atoms. The number of nitrogens with one attached hydrogen (secondary N) is 3. The number of hydrogen-bond acceptors (Lipinski definition) is 7. The molecule has 5 rings (SSSR count). The van der Waals surface area contributed by atoms with Gasteiger partial charge in [-0.3, -0.25) is 9.59 Å². The molecule has 2 aromatic carbocycles. The zero-order valence-electron chi connectivity index (χ0n) is 18.8. The number of anilines is 3. The average molecular weight is 529 g/mol. The number of halogens is 1. The van der Waals surface area contributed by atoms with E-state index in [1.54, 1.807) is 23.6 Å². The Bertz CT molecular complexity index is 1470. The molecule has 4 amide bonds. The Labute approximate surface area is 210 Å². The third kappa shape index (κ3) is 4.95. The summed E-state index contributed by atoms with van der Waals surface area (Å²) in [5, 5.41) is 7.10. The largest absolute Gasteiger partial charge is 0.385 e. The number of fused-ring (bicyclic) bond motifs is 1. The van der Waals surface area contributed by atoms with Crippen LogP contribution in [0.1, 0.15) is 28.8 Å². The van der Waals surface area contributed by atoms with Crippen LogP contribution in [0.5, 0.6) is 0 Å². The van der Waals surface area contributed by atoms with Gasteiger partial charge >= 0.3 is 6.03 Å². The summed E-state index contributed by atoms with van der Waals surface area (Å²) in [5.41, 5.74) is 1.40. The molecule has 3 aromatic rings. The number of amides is 4. The second-order valence-electron chi connectivity index (χ2n) is 8.57. The van der Waals surface area contributed by atoms with Crippen LogP contribution in [0, 0.1) is 11.7 Å². The number of hydrogen-bond donors (Lipinski definition) is 3. The number of nitrogens with zero attached hydrogens (tertiary/aromatic N) is 1. The first-order valence-electron chi connectivity index (χ1n) is 11.1. The van der Waals surface area contributed by atoms with Gasteiger partial charge in [-0.1, -0.05) is 6.07 Å². The number of benzene rings is 2. The molecule has 1 aromatic heterocycles. The van der Waals surface area contributed by atoms with Crippen molar-refractivity contribution in [2.24, 2.45) is 5.92 Å². The van der Waals surface area contributed by atoms with Crippen LogP contribution in [0.4, 0.5) is 26.2 Å². The van der Waals surface area contributed by atoms with Gasteiger partial charge in [-0.2, -0.15) is 0 Å². The van der Waals surface area contributed by atoms with Crippen LogP contribution in [0.2, 0.25) is 0 Å². The van der Waals surface area contributed by atoms with E-state index in [9.17, 15) is 27.2 Å². The van der Waals surface area contributed by atoms with Crippen LogP contribution < -0.4 is 20.3 Å². The average Bonchev–Trinajstić information content (AvgIpc) is 3.47. The maximum Gasteiger partial charge on any atom is 0.333 e. The lowest BCUT2D eigenvalue weighted by molar-refractivity contribution is -0.117. The summed E-state index contributed by atoms with van der Waals surface area (Å²) in [4.78, 5) is 38.8. The second kappa shape index (κ2) is 9.36. The van der Waals surface area contributed by atoms with Gasteiger partial charge < -0.3 is 10.6 Å². The molecule has 3 N–H and O–H groups in total. The molecule has 0 atom stereocenters. The van der Waals surface area contributed by atoms with E-state index in [4.69, 9.17) is 0 Å². The molecule has 2 heterocycles. The Kier molecular flexibility index (Phi) is 6.22. The highest BCUT2D eigenvalue weighted by Crippen LogP contribution is 2.32. The first-order valence-corrected chi connectivity index (χ1v) is 13.5. The van der Waals surface area contributed by atoms with E-state index in [1.807, 2.05) is 4.72 Å². The Balaban J connectivity index is 1.30. The van der Waals surface area contributed by atoms with Crippen molar-refractivity contribution in [2.75, 3.05) is 22.1 Å². The number of carbonyl (C=O) groups is 3. The van der Waals surface area contributed by atoms with Crippen molar-refractivity contribution in [3.05, 3.63) is 70.9 Å². The van der Waals surface area contributed by atoms with Crippen LogP contribution in [-0.4, -0.2) is 32.8 Å². The van der Waals surface area contributed by atoms with Gasteiger partial charge in [-0.25, -0.2) is 27.2 Å². The lowest BCUT2D eigenvalue weighted by Crippen LogP contribution is -2.43. The standard InChI is InChI=1S/C24H21FN4O5S2/c25-19-12-17(27-24(32)28-36(33,34)22-2-1-9-35-22)6-8-20(19)29-21(30)11-15-10-16(26-13-14-3-4-14)5-7-18(15)23(29)31/h1-2,5-10,12,14,26H,3-4,11,13H2,(H2,27,28,32). The molecule has 1 saturated carbocycles. The Morgan fingerprint density at radius 3 is 2.56 bits per heavy atom. The van der Waals surface area contributed by atoms with Gasteiger partial charge in [0.15, 0.2) is 0 Å². The van der Waals surface area contributed by atoms with Crippen LogP contribution in [0.25, 0.3) is 0 Å². The number of urea groups is 1. The van der Waals surface area contributed by atoms with Gasteiger partial charge in [0, 0.05) is 23.5 Å². The maximum absolute atomic E-state index is 15.0. The van der Waals surface area contributed by atoms with E-state index < -0.39 is 33.7 Å². The quantitative estimate of drug-likeness (QED) is 0.399. The molecule has 1 aliphatic carbocycles. The van der Waals surface area contributed by atoms with E-state index >= 15 is 0 Å². The highest BCUT2D eigenvalue weighted by molar-refractivity contribution is 7.92. The number of carbonyl (C=O) groups excluding carboxylic acids is 3. The minimum absolute atomic E-state index is 0.0487.